The zero-order valence-corrected chi connectivity index (χ0v) is 11.1. The second-order valence-electron chi connectivity index (χ2n) is 4.21. The molecule has 0 saturated carbocycles. The zero-order chi connectivity index (χ0) is 14.7. The molecule has 1 atom stereocenters. The molecule has 6 heteroatoms. The Morgan fingerprint density at radius 1 is 1.25 bits per heavy atom. The van der Waals surface area contributed by atoms with Crippen molar-refractivity contribution in [3.05, 3.63) is 35.5 Å². The van der Waals surface area contributed by atoms with Crippen molar-refractivity contribution in [1.29, 1.82) is 0 Å². The molecule has 0 spiro atoms. The minimum absolute atomic E-state index is 0.153. The molecule has 106 valence electrons. The lowest BCUT2D eigenvalue weighted by molar-refractivity contribution is -0.146. The largest absolute Gasteiger partial charge is 0.467 e. The highest BCUT2D eigenvalue weighted by Crippen LogP contribution is 2.25. The third-order valence-corrected chi connectivity index (χ3v) is 3.04. The fourth-order valence-electron chi connectivity index (χ4n) is 2.08. The average molecular weight is 279 g/mol. The minimum atomic E-state index is -1.83. The number of alkyl halides is 1. The van der Waals surface area contributed by atoms with Gasteiger partial charge in [-0.3, -0.25) is 0 Å². The summed E-state index contributed by atoms with van der Waals surface area (Å²) in [6, 6.07) is 7.07. The number of esters is 2. The SMILES string of the molecule is COC(=O)c1[nH]c2ccccc2c1CC(F)C(=O)OC. The van der Waals surface area contributed by atoms with Crippen molar-refractivity contribution in [2.45, 2.75) is 12.6 Å². The molecule has 0 fully saturated rings. The van der Waals surface area contributed by atoms with Crippen LogP contribution in [-0.4, -0.2) is 37.3 Å². The van der Waals surface area contributed by atoms with Crippen LogP contribution < -0.4 is 0 Å². The van der Waals surface area contributed by atoms with E-state index in [1.165, 1.54) is 7.11 Å². The van der Waals surface area contributed by atoms with Gasteiger partial charge in [0.15, 0.2) is 0 Å². The van der Waals surface area contributed by atoms with E-state index in [1.54, 1.807) is 24.3 Å². The van der Waals surface area contributed by atoms with E-state index in [0.717, 1.165) is 7.11 Å². The lowest BCUT2D eigenvalue weighted by Gasteiger charge is -2.07. The number of hydrogen-bond acceptors (Lipinski definition) is 4. The number of rotatable bonds is 4. The molecular formula is C14H14FNO4. The van der Waals surface area contributed by atoms with Crippen LogP contribution in [-0.2, 0) is 20.7 Å². The molecule has 0 amide bonds. The molecule has 0 radical (unpaired) electrons. The van der Waals surface area contributed by atoms with Crippen LogP contribution in [0.1, 0.15) is 16.1 Å². The topological polar surface area (TPSA) is 68.4 Å². The summed E-state index contributed by atoms with van der Waals surface area (Å²) in [7, 11) is 2.36. The summed E-state index contributed by atoms with van der Waals surface area (Å²) in [6.07, 6.45) is -2.08. The first-order valence-corrected chi connectivity index (χ1v) is 5.98. The van der Waals surface area contributed by atoms with Gasteiger partial charge in [-0.15, -0.1) is 0 Å². The molecule has 1 unspecified atom stereocenters. The molecule has 0 saturated heterocycles. The predicted octanol–water partition coefficient (Wildman–Crippen LogP) is 2.01. The molecule has 20 heavy (non-hydrogen) atoms. The minimum Gasteiger partial charge on any atom is -0.467 e. The standard InChI is InChI=1S/C14H14FNO4/c1-19-13(17)10(15)7-9-8-5-3-4-6-11(8)16-12(9)14(18)20-2/h3-6,10,16H,7H2,1-2H3. The number of carbonyl (C=O) groups is 2. The first-order valence-electron chi connectivity index (χ1n) is 5.98. The number of nitrogens with one attached hydrogen (secondary N) is 1. The number of fused-ring (bicyclic) bond motifs is 1. The highest BCUT2D eigenvalue weighted by Gasteiger charge is 2.25. The molecule has 2 aromatic rings. The van der Waals surface area contributed by atoms with Crippen molar-refractivity contribution < 1.29 is 23.5 Å². The van der Waals surface area contributed by atoms with Gasteiger partial charge in [-0.1, -0.05) is 18.2 Å². The average Bonchev–Trinajstić information content (AvgIpc) is 2.84. The van der Waals surface area contributed by atoms with Crippen molar-refractivity contribution in [2.75, 3.05) is 14.2 Å². The first kappa shape index (κ1) is 14.0. The van der Waals surface area contributed by atoms with Gasteiger partial charge in [0, 0.05) is 17.3 Å². The van der Waals surface area contributed by atoms with Gasteiger partial charge in [-0.2, -0.15) is 0 Å². The number of aromatic amines is 1. The monoisotopic (exact) mass is 279 g/mol. The molecule has 0 aliphatic heterocycles. The summed E-state index contributed by atoms with van der Waals surface area (Å²) in [5.74, 6) is -1.57. The summed E-state index contributed by atoms with van der Waals surface area (Å²) in [6.45, 7) is 0. The van der Waals surface area contributed by atoms with Crippen molar-refractivity contribution in [3.8, 4) is 0 Å². The number of methoxy groups -OCH3 is 2. The lowest BCUT2D eigenvalue weighted by atomic mass is 10.0. The third-order valence-electron chi connectivity index (χ3n) is 3.04. The Hall–Kier alpha value is -2.37. The van der Waals surface area contributed by atoms with E-state index in [1.807, 2.05) is 0 Å². The Kier molecular flexibility index (Phi) is 4.02. The molecule has 1 N–H and O–H groups in total. The van der Waals surface area contributed by atoms with Crippen LogP contribution in [0.2, 0.25) is 0 Å². The van der Waals surface area contributed by atoms with Crippen LogP contribution in [0.4, 0.5) is 4.39 Å². The second kappa shape index (κ2) is 5.73. The van der Waals surface area contributed by atoms with E-state index in [-0.39, 0.29) is 12.1 Å². The van der Waals surface area contributed by atoms with E-state index < -0.39 is 18.1 Å². The van der Waals surface area contributed by atoms with Crippen LogP contribution in [0.5, 0.6) is 0 Å². The summed E-state index contributed by atoms with van der Waals surface area (Å²) >= 11 is 0. The molecule has 0 bridgehead atoms. The normalized spacial score (nSPS) is 12.2. The molecule has 2 rings (SSSR count). The number of para-hydroxylation sites is 1. The molecule has 1 heterocycles. The predicted molar refractivity (Wildman–Crippen MR) is 70.3 cm³/mol. The van der Waals surface area contributed by atoms with Crippen LogP contribution >= 0.6 is 0 Å². The Morgan fingerprint density at radius 2 is 1.95 bits per heavy atom. The van der Waals surface area contributed by atoms with Crippen LogP contribution in [0.3, 0.4) is 0 Å². The van der Waals surface area contributed by atoms with Crippen molar-refractivity contribution in [1.82, 2.24) is 4.98 Å². The molecule has 0 aliphatic rings. The summed E-state index contributed by atoms with van der Waals surface area (Å²) in [5, 5.41) is 0.680. The smallest absolute Gasteiger partial charge is 0.354 e. The van der Waals surface area contributed by atoms with Gasteiger partial charge in [0.2, 0.25) is 6.17 Å². The molecular weight excluding hydrogens is 265 g/mol. The van der Waals surface area contributed by atoms with Crippen LogP contribution in [0.25, 0.3) is 10.9 Å². The highest BCUT2D eigenvalue weighted by atomic mass is 19.1. The van der Waals surface area contributed by atoms with Gasteiger partial charge in [0.25, 0.3) is 0 Å². The summed E-state index contributed by atoms with van der Waals surface area (Å²) in [4.78, 5) is 25.8. The van der Waals surface area contributed by atoms with Crippen LogP contribution in [0, 0.1) is 0 Å². The number of hydrogen-bond donors (Lipinski definition) is 1. The fourth-order valence-corrected chi connectivity index (χ4v) is 2.08. The fraction of sp³-hybridized carbons (Fsp3) is 0.286. The first-order chi connectivity index (χ1) is 9.58. The van der Waals surface area contributed by atoms with E-state index in [2.05, 4.69) is 14.5 Å². The van der Waals surface area contributed by atoms with E-state index >= 15 is 0 Å². The third kappa shape index (κ3) is 2.49. The number of ether oxygens (including phenoxy) is 2. The molecule has 5 nitrogen and oxygen atoms in total. The molecule has 0 aliphatic carbocycles. The Labute approximate surface area is 114 Å². The number of benzene rings is 1. The number of H-pyrrole nitrogens is 1. The van der Waals surface area contributed by atoms with Gasteiger partial charge < -0.3 is 14.5 Å². The number of aromatic nitrogens is 1. The summed E-state index contributed by atoms with van der Waals surface area (Å²) < 4.78 is 22.8. The van der Waals surface area contributed by atoms with Crippen LogP contribution in [0.15, 0.2) is 24.3 Å². The molecule has 1 aromatic heterocycles. The Balaban J connectivity index is 2.48. The lowest BCUT2D eigenvalue weighted by Crippen LogP contribution is -2.21. The van der Waals surface area contributed by atoms with E-state index in [4.69, 9.17) is 0 Å². The van der Waals surface area contributed by atoms with Crippen molar-refractivity contribution >= 4 is 22.8 Å². The van der Waals surface area contributed by atoms with Gasteiger partial charge in [-0.05, 0) is 11.6 Å². The summed E-state index contributed by atoms with van der Waals surface area (Å²) in [5.41, 5.74) is 1.24. The van der Waals surface area contributed by atoms with Gasteiger partial charge in [0.05, 0.1) is 14.2 Å². The van der Waals surface area contributed by atoms with Gasteiger partial charge >= 0.3 is 11.9 Å². The maximum atomic E-state index is 13.8. The van der Waals surface area contributed by atoms with E-state index in [0.29, 0.717) is 16.5 Å². The van der Waals surface area contributed by atoms with Gasteiger partial charge in [-0.25, -0.2) is 14.0 Å². The van der Waals surface area contributed by atoms with Crippen molar-refractivity contribution in [3.63, 3.8) is 0 Å². The van der Waals surface area contributed by atoms with Crippen molar-refractivity contribution in [2.24, 2.45) is 0 Å². The number of halogens is 1. The quantitative estimate of drug-likeness (QED) is 0.869. The highest BCUT2D eigenvalue weighted by molar-refractivity contribution is 5.98. The second-order valence-corrected chi connectivity index (χ2v) is 4.21. The van der Waals surface area contributed by atoms with E-state index in [9.17, 15) is 14.0 Å². The Bertz CT molecular complexity index is 650. The molecule has 1 aromatic carbocycles. The maximum absolute atomic E-state index is 13.8. The Morgan fingerprint density at radius 3 is 2.60 bits per heavy atom. The number of carbonyl (C=O) groups excluding carboxylic acids is 2. The maximum Gasteiger partial charge on any atom is 0.354 e. The zero-order valence-electron chi connectivity index (χ0n) is 11.1. The van der Waals surface area contributed by atoms with Gasteiger partial charge in [0.1, 0.15) is 5.69 Å².